The summed E-state index contributed by atoms with van der Waals surface area (Å²) in [5.41, 5.74) is 5.87. The topological polar surface area (TPSA) is 55.1 Å². The molecular formula is C19H17N5. The van der Waals surface area contributed by atoms with Crippen LogP contribution in [0, 0.1) is 13.8 Å². The molecule has 0 aliphatic carbocycles. The lowest BCUT2D eigenvalue weighted by atomic mass is 10.2. The Morgan fingerprint density at radius 3 is 2.58 bits per heavy atom. The molecule has 3 heterocycles. The van der Waals surface area contributed by atoms with Crippen molar-refractivity contribution >= 4 is 17.3 Å². The summed E-state index contributed by atoms with van der Waals surface area (Å²) in [7, 11) is 0. The zero-order chi connectivity index (χ0) is 16.5. The number of fused-ring (bicyclic) bond motifs is 1. The number of anilines is 2. The van der Waals surface area contributed by atoms with E-state index in [-0.39, 0.29) is 0 Å². The molecule has 4 rings (SSSR count). The zero-order valence-corrected chi connectivity index (χ0v) is 13.6. The van der Waals surface area contributed by atoms with Crippen molar-refractivity contribution in [3.63, 3.8) is 0 Å². The van der Waals surface area contributed by atoms with Crippen LogP contribution in [0.25, 0.3) is 17.0 Å². The second-order valence-electron chi connectivity index (χ2n) is 5.73. The Labute approximate surface area is 140 Å². The fourth-order valence-corrected chi connectivity index (χ4v) is 2.74. The molecule has 0 amide bonds. The van der Waals surface area contributed by atoms with Crippen molar-refractivity contribution < 1.29 is 0 Å². The van der Waals surface area contributed by atoms with Crippen molar-refractivity contribution in [1.82, 2.24) is 19.4 Å². The average Bonchev–Trinajstić information content (AvgIpc) is 2.93. The molecule has 0 saturated heterocycles. The Hall–Kier alpha value is -3.21. The number of aryl methyl sites for hydroxylation is 2. The van der Waals surface area contributed by atoms with Crippen LogP contribution in [0.1, 0.15) is 11.3 Å². The van der Waals surface area contributed by atoms with Crippen LogP contribution in [0.4, 0.5) is 11.6 Å². The predicted octanol–water partition coefficient (Wildman–Crippen LogP) is 4.15. The maximum Gasteiger partial charge on any atom is 0.227 e. The lowest BCUT2D eigenvalue weighted by Gasteiger charge is -2.07. The van der Waals surface area contributed by atoms with E-state index in [0.717, 1.165) is 28.4 Å². The fraction of sp³-hybridized carbons (Fsp3) is 0.105. The van der Waals surface area contributed by atoms with Gasteiger partial charge in [0.2, 0.25) is 5.95 Å². The van der Waals surface area contributed by atoms with Crippen LogP contribution >= 0.6 is 0 Å². The first-order valence-corrected chi connectivity index (χ1v) is 7.81. The minimum absolute atomic E-state index is 0.571. The highest BCUT2D eigenvalue weighted by molar-refractivity contribution is 5.65. The van der Waals surface area contributed by atoms with Crippen LogP contribution in [0.15, 0.2) is 60.9 Å². The molecule has 0 atom stereocenters. The number of nitrogens with one attached hydrogen (secondary N) is 1. The van der Waals surface area contributed by atoms with Gasteiger partial charge in [0.25, 0.3) is 0 Å². The van der Waals surface area contributed by atoms with E-state index in [9.17, 15) is 0 Å². The second kappa shape index (κ2) is 5.77. The number of hydrogen-bond donors (Lipinski definition) is 1. The van der Waals surface area contributed by atoms with Crippen molar-refractivity contribution in [3.05, 3.63) is 72.2 Å². The molecule has 0 unspecified atom stereocenters. The number of benzene rings is 1. The van der Waals surface area contributed by atoms with Crippen molar-refractivity contribution in [2.45, 2.75) is 13.8 Å². The van der Waals surface area contributed by atoms with Gasteiger partial charge in [0.1, 0.15) is 5.65 Å². The van der Waals surface area contributed by atoms with Gasteiger partial charge in [-0.15, -0.1) is 0 Å². The lowest BCUT2D eigenvalue weighted by molar-refractivity contribution is 1.12. The van der Waals surface area contributed by atoms with Gasteiger partial charge in [-0.2, -0.15) is 0 Å². The summed E-state index contributed by atoms with van der Waals surface area (Å²) in [5, 5.41) is 3.25. The van der Waals surface area contributed by atoms with Gasteiger partial charge in [-0.25, -0.2) is 15.0 Å². The second-order valence-corrected chi connectivity index (χ2v) is 5.73. The highest BCUT2D eigenvalue weighted by Gasteiger charge is 2.12. The van der Waals surface area contributed by atoms with E-state index in [0.29, 0.717) is 5.95 Å². The van der Waals surface area contributed by atoms with E-state index in [1.807, 2.05) is 53.9 Å². The minimum atomic E-state index is 0.571. The van der Waals surface area contributed by atoms with Gasteiger partial charge >= 0.3 is 0 Å². The summed E-state index contributed by atoms with van der Waals surface area (Å²) in [6.45, 7) is 4.06. The highest BCUT2D eigenvalue weighted by Crippen LogP contribution is 2.24. The van der Waals surface area contributed by atoms with E-state index in [4.69, 9.17) is 0 Å². The van der Waals surface area contributed by atoms with Gasteiger partial charge in [0.15, 0.2) is 0 Å². The highest BCUT2D eigenvalue weighted by atomic mass is 15.1. The number of aromatic nitrogens is 4. The third-order valence-corrected chi connectivity index (χ3v) is 3.91. The molecule has 4 aromatic rings. The normalized spacial score (nSPS) is 10.9. The van der Waals surface area contributed by atoms with Crippen molar-refractivity contribution in [3.8, 4) is 11.4 Å². The first kappa shape index (κ1) is 14.4. The number of imidazole rings is 1. The molecule has 0 bridgehead atoms. The molecule has 118 valence electrons. The summed E-state index contributed by atoms with van der Waals surface area (Å²) in [4.78, 5) is 13.6. The molecule has 0 saturated carbocycles. The van der Waals surface area contributed by atoms with E-state index in [2.05, 4.69) is 39.3 Å². The van der Waals surface area contributed by atoms with E-state index in [1.165, 1.54) is 5.56 Å². The number of nitrogens with zero attached hydrogens (tertiary/aromatic N) is 4. The van der Waals surface area contributed by atoms with Gasteiger partial charge in [-0.05, 0) is 44.2 Å². The zero-order valence-electron chi connectivity index (χ0n) is 13.6. The molecule has 0 fully saturated rings. The fourth-order valence-electron chi connectivity index (χ4n) is 2.74. The quantitative estimate of drug-likeness (QED) is 0.617. The standard InChI is InChI=1S/C19H17N5/c1-13-6-8-15(9-7-13)22-19-20-11-10-16(23-19)18-14(2)21-17-5-3-4-12-24(17)18/h3-12H,1-2H3,(H,20,22,23). The van der Waals surface area contributed by atoms with E-state index >= 15 is 0 Å². The Morgan fingerprint density at radius 2 is 1.75 bits per heavy atom. The Bertz CT molecular complexity index is 1000. The number of pyridine rings is 1. The maximum absolute atomic E-state index is 4.66. The summed E-state index contributed by atoms with van der Waals surface area (Å²) >= 11 is 0. The summed E-state index contributed by atoms with van der Waals surface area (Å²) in [6.07, 6.45) is 3.76. The largest absolute Gasteiger partial charge is 0.324 e. The molecule has 0 aliphatic rings. The first-order valence-electron chi connectivity index (χ1n) is 7.81. The first-order chi connectivity index (χ1) is 11.7. The number of hydrogen-bond acceptors (Lipinski definition) is 4. The summed E-state index contributed by atoms with van der Waals surface area (Å²) in [6, 6.07) is 16.0. The van der Waals surface area contributed by atoms with Crippen molar-refractivity contribution in [2.75, 3.05) is 5.32 Å². The van der Waals surface area contributed by atoms with Crippen LogP contribution in [0.5, 0.6) is 0 Å². The minimum Gasteiger partial charge on any atom is -0.324 e. The summed E-state index contributed by atoms with van der Waals surface area (Å²) < 4.78 is 2.05. The molecule has 24 heavy (non-hydrogen) atoms. The van der Waals surface area contributed by atoms with Gasteiger partial charge < -0.3 is 5.32 Å². The van der Waals surface area contributed by atoms with Crippen molar-refractivity contribution in [1.29, 1.82) is 0 Å². The van der Waals surface area contributed by atoms with Gasteiger partial charge in [0.05, 0.1) is 17.1 Å². The van der Waals surface area contributed by atoms with Crippen LogP contribution < -0.4 is 5.32 Å². The summed E-state index contributed by atoms with van der Waals surface area (Å²) in [5.74, 6) is 0.571. The maximum atomic E-state index is 4.66. The third-order valence-electron chi connectivity index (χ3n) is 3.91. The average molecular weight is 315 g/mol. The molecule has 0 radical (unpaired) electrons. The third kappa shape index (κ3) is 2.60. The molecule has 5 nitrogen and oxygen atoms in total. The van der Waals surface area contributed by atoms with Gasteiger partial charge in [-0.3, -0.25) is 4.40 Å². The Balaban J connectivity index is 1.74. The van der Waals surface area contributed by atoms with Crippen LogP contribution in [0.2, 0.25) is 0 Å². The lowest BCUT2D eigenvalue weighted by Crippen LogP contribution is -1.99. The Morgan fingerprint density at radius 1 is 0.917 bits per heavy atom. The van der Waals surface area contributed by atoms with Gasteiger partial charge in [0, 0.05) is 18.1 Å². The molecule has 0 spiro atoms. The molecule has 1 N–H and O–H groups in total. The molecule has 3 aromatic heterocycles. The van der Waals surface area contributed by atoms with Crippen LogP contribution in [-0.2, 0) is 0 Å². The molecule has 5 heteroatoms. The van der Waals surface area contributed by atoms with E-state index < -0.39 is 0 Å². The monoisotopic (exact) mass is 315 g/mol. The SMILES string of the molecule is Cc1ccc(Nc2nccc(-c3c(C)nc4ccccn34)n2)cc1. The van der Waals surface area contributed by atoms with E-state index in [1.54, 1.807) is 6.20 Å². The number of rotatable bonds is 3. The molecule has 1 aromatic carbocycles. The molecule has 0 aliphatic heterocycles. The predicted molar refractivity (Wildman–Crippen MR) is 95.4 cm³/mol. The van der Waals surface area contributed by atoms with Gasteiger partial charge in [-0.1, -0.05) is 23.8 Å². The Kier molecular flexibility index (Phi) is 3.46. The van der Waals surface area contributed by atoms with Crippen molar-refractivity contribution in [2.24, 2.45) is 0 Å². The molecular weight excluding hydrogens is 298 g/mol. The smallest absolute Gasteiger partial charge is 0.227 e. The van der Waals surface area contributed by atoms with Crippen LogP contribution in [0.3, 0.4) is 0 Å². The van der Waals surface area contributed by atoms with Crippen LogP contribution in [-0.4, -0.2) is 19.4 Å².